The summed E-state index contributed by atoms with van der Waals surface area (Å²) < 4.78 is 1.87. The SMILES string of the molecule is Cc1cn(-c2ccc(NC(=O)C(=NCCc3ccc(C#N)cc3)c3ccccc3)nc2)cn1. The Balaban J connectivity index is 1.48. The number of imidazole rings is 1. The minimum atomic E-state index is -0.320. The summed E-state index contributed by atoms with van der Waals surface area (Å²) in [5.41, 5.74) is 4.52. The lowest BCUT2D eigenvalue weighted by Crippen LogP contribution is -2.25. The third kappa shape index (κ3) is 5.57. The number of anilines is 1. The first-order chi connectivity index (χ1) is 16.1. The predicted molar refractivity (Wildman–Crippen MR) is 127 cm³/mol. The number of hydrogen-bond donors (Lipinski definition) is 1. The minimum absolute atomic E-state index is 0.320. The largest absolute Gasteiger partial charge is 0.305 e. The van der Waals surface area contributed by atoms with Crippen LogP contribution in [0.15, 0.2) is 90.4 Å². The van der Waals surface area contributed by atoms with E-state index in [-0.39, 0.29) is 5.91 Å². The van der Waals surface area contributed by atoms with Gasteiger partial charge in [0, 0.05) is 18.3 Å². The summed E-state index contributed by atoms with van der Waals surface area (Å²) in [6, 6.07) is 22.5. The number of aliphatic imine (C=N–C) groups is 1. The molecule has 2 aromatic heterocycles. The molecule has 2 heterocycles. The van der Waals surface area contributed by atoms with Gasteiger partial charge < -0.3 is 9.88 Å². The highest BCUT2D eigenvalue weighted by Gasteiger charge is 2.14. The van der Waals surface area contributed by atoms with E-state index in [2.05, 4.69) is 26.3 Å². The normalized spacial score (nSPS) is 11.1. The van der Waals surface area contributed by atoms with Gasteiger partial charge >= 0.3 is 0 Å². The summed E-state index contributed by atoms with van der Waals surface area (Å²) in [7, 11) is 0. The Morgan fingerprint density at radius 2 is 1.85 bits per heavy atom. The molecule has 0 atom stereocenters. The molecule has 162 valence electrons. The molecular weight excluding hydrogens is 412 g/mol. The molecule has 2 aromatic carbocycles. The molecule has 1 N–H and O–H groups in total. The van der Waals surface area contributed by atoms with Gasteiger partial charge in [0.2, 0.25) is 0 Å². The highest BCUT2D eigenvalue weighted by atomic mass is 16.2. The van der Waals surface area contributed by atoms with Crippen LogP contribution in [-0.2, 0) is 11.2 Å². The molecule has 0 radical (unpaired) electrons. The van der Waals surface area contributed by atoms with Crippen molar-refractivity contribution in [3.05, 3.63) is 108 Å². The number of carbonyl (C=O) groups is 1. The Labute approximate surface area is 192 Å². The molecule has 1 amide bonds. The summed E-state index contributed by atoms with van der Waals surface area (Å²) in [6.45, 7) is 2.36. The third-order valence-electron chi connectivity index (χ3n) is 5.02. The lowest BCUT2D eigenvalue weighted by molar-refractivity contribution is -0.110. The van der Waals surface area contributed by atoms with Gasteiger partial charge in [-0.2, -0.15) is 5.26 Å². The number of amides is 1. The van der Waals surface area contributed by atoms with Crippen LogP contribution in [0, 0.1) is 18.3 Å². The number of nitriles is 1. The van der Waals surface area contributed by atoms with Crippen LogP contribution >= 0.6 is 0 Å². The number of hydrogen-bond acceptors (Lipinski definition) is 5. The van der Waals surface area contributed by atoms with Crippen molar-refractivity contribution in [2.45, 2.75) is 13.3 Å². The second-order valence-corrected chi connectivity index (χ2v) is 7.43. The van der Waals surface area contributed by atoms with E-state index in [1.807, 2.05) is 66.2 Å². The Morgan fingerprint density at radius 3 is 2.48 bits per heavy atom. The topological polar surface area (TPSA) is 96.0 Å². The third-order valence-corrected chi connectivity index (χ3v) is 5.02. The standard InChI is InChI=1S/C26H22N6O/c1-19-17-32(18-30-19)23-11-12-24(29-16-23)31-26(33)25(22-5-3-2-4-6-22)28-14-13-20-7-9-21(15-27)10-8-20/h2-12,16-18H,13-14H2,1H3,(H,29,31,33). The molecule has 0 aliphatic heterocycles. The van der Waals surface area contributed by atoms with Gasteiger partial charge in [-0.3, -0.25) is 9.79 Å². The van der Waals surface area contributed by atoms with Gasteiger partial charge in [-0.15, -0.1) is 0 Å². The van der Waals surface area contributed by atoms with Crippen LogP contribution in [0.1, 0.15) is 22.4 Å². The number of nitrogens with zero attached hydrogens (tertiary/aromatic N) is 5. The highest BCUT2D eigenvalue weighted by molar-refractivity contribution is 6.48. The average molecular weight is 435 g/mol. The first-order valence-electron chi connectivity index (χ1n) is 10.5. The molecule has 0 saturated heterocycles. The highest BCUT2D eigenvalue weighted by Crippen LogP contribution is 2.12. The zero-order chi connectivity index (χ0) is 23.0. The monoisotopic (exact) mass is 434 g/mol. The molecular formula is C26H22N6O. The Kier molecular flexibility index (Phi) is 6.67. The fourth-order valence-corrected chi connectivity index (χ4v) is 3.28. The maximum absolute atomic E-state index is 13.1. The van der Waals surface area contributed by atoms with Crippen molar-refractivity contribution in [2.24, 2.45) is 4.99 Å². The fourth-order valence-electron chi connectivity index (χ4n) is 3.28. The van der Waals surface area contributed by atoms with Gasteiger partial charge in [-0.05, 0) is 43.2 Å². The number of rotatable bonds is 7. The van der Waals surface area contributed by atoms with Crippen LogP contribution in [0.5, 0.6) is 0 Å². The summed E-state index contributed by atoms with van der Waals surface area (Å²) in [6.07, 6.45) is 5.97. The first-order valence-corrected chi connectivity index (χ1v) is 10.5. The molecule has 0 unspecified atom stereocenters. The van der Waals surface area contributed by atoms with Crippen LogP contribution in [0.4, 0.5) is 5.82 Å². The molecule has 4 aromatic rings. The van der Waals surface area contributed by atoms with Crippen molar-refractivity contribution in [1.29, 1.82) is 5.26 Å². The molecule has 0 bridgehead atoms. The number of nitrogens with one attached hydrogen (secondary N) is 1. The van der Waals surface area contributed by atoms with Gasteiger partial charge in [-0.25, -0.2) is 9.97 Å². The van der Waals surface area contributed by atoms with E-state index in [4.69, 9.17) is 5.26 Å². The zero-order valence-electron chi connectivity index (χ0n) is 18.1. The summed E-state index contributed by atoms with van der Waals surface area (Å²) in [4.78, 5) is 26.2. The van der Waals surface area contributed by atoms with E-state index in [0.29, 0.717) is 30.1 Å². The number of benzene rings is 2. The second-order valence-electron chi connectivity index (χ2n) is 7.43. The van der Waals surface area contributed by atoms with Crippen LogP contribution < -0.4 is 5.32 Å². The Hall–Kier alpha value is -4.57. The van der Waals surface area contributed by atoms with Crippen molar-refractivity contribution in [3.8, 4) is 11.8 Å². The number of aryl methyl sites for hydroxylation is 1. The fraction of sp³-hybridized carbons (Fsp3) is 0.115. The van der Waals surface area contributed by atoms with Gasteiger partial charge in [0.25, 0.3) is 5.91 Å². The second kappa shape index (κ2) is 10.2. The molecule has 0 fully saturated rings. The van der Waals surface area contributed by atoms with E-state index in [9.17, 15) is 4.79 Å². The van der Waals surface area contributed by atoms with Crippen molar-refractivity contribution in [3.63, 3.8) is 0 Å². The number of pyridine rings is 1. The summed E-state index contributed by atoms with van der Waals surface area (Å²) in [5, 5.41) is 11.8. The minimum Gasteiger partial charge on any atom is -0.305 e. The molecule has 4 rings (SSSR count). The molecule has 7 heteroatoms. The lowest BCUT2D eigenvalue weighted by Gasteiger charge is -2.09. The van der Waals surface area contributed by atoms with Crippen LogP contribution in [0.25, 0.3) is 5.69 Å². The molecule has 7 nitrogen and oxygen atoms in total. The maximum atomic E-state index is 13.1. The van der Waals surface area contributed by atoms with Crippen molar-refractivity contribution in [1.82, 2.24) is 14.5 Å². The van der Waals surface area contributed by atoms with Gasteiger partial charge in [-0.1, -0.05) is 42.5 Å². The molecule has 0 aliphatic carbocycles. The lowest BCUT2D eigenvalue weighted by atomic mass is 10.1. The molecule has 0 saturated carbocycles. The van der Waals surface area contributed by atoms with Crippen LogP contribution in [-0.4, -0.2) is 32.7 Å². The Morgan fingerprint density at radius 1 is 1.06 bits per heavy atom. The first kappa shape index (κ1) is 21.7. The molecule has 0 spiro atoms. The van der Waals surface area contributed by atoms with E-state index >= 15 is 0 Å². The smallest absolute Gasteiger partial charge is 0.275 e. The Bertz CT molecular complexity index is 1300. The molecule has 0 aliphatic rings. The van der Waals surface area contributed by atoms with E-state index < -0.39 is 0 Å². The van der Waals surface area contributed by atoms with E-state index in [1.165, 1.54) is 0 Å². The van der Waals surface area contributed by atoms with Crippen LogP contribution in [0.3, 0.4) is 0 Å². The summed E-state index contributed by atoms with van der Waals surface area (Å²) in [5.74, 6) is 0.121. The maximum Gasteiger partial charge on any atom is 0.275 e. The number of carbonyl (C=O) groups excluding carboxylic acids is 1. The van der Waals surface area contributed by atoms with Gasteiger partial charge in [0.1, 0.15) is 11.5 Å². The van der Waals surface area contributed by atoms with Crippen LogP contribution in [0.2, 0.25) is 0 Å². The van der Waals surface area contributed by atoms with Crippen molar-refractivity contribution >= 4 is 17.4 Å². The zero-order valence-corrected chi connectivity index (χ0v) is 18.1. The predicted octanol–water partition coefficient (Wildman–Crippen LogP) is 4.12. The molecule has 33 heavy (non-hydrogen) atoms. The number of aromatic nitrogens is 3. The van der Waals surface area contributed by atoms with Crippen molar-refractivity contribution < 1.29 is 4.79 Å². The van der Waals surface area contributed by atoms with Gasteiger partial charge in [0.05, 0.1) is 35.5 Å². The van der Waals surface area contributed by atoms with Gasteiger partial charge in [0.15, 0.2) is 0 Å². The van der Waals surface area contributed by atoms with Crippen molar-refractivity contribution in [2.75, 3.05) is 11.9 Å². The average Bonchev–Trinajstić information content (AvgIpc) is 3.29. The summed E-state index contributed by atoms with van der Waals surface area (Å²) >= 11 is 0. The van der Waals surface area contributed by atoms with E-state index in [0.717, 1.165) is 22.5 Å². The van der Waals surface area contributed by atoms with E-state index in [1.54, 1.807) is 30.7 Å². The quantitative estimate of drug-likeness (QED) is 0.443.